The molecule has 2 aliphatic rings. The van der Waals surface area contributed by atoms with Crippen molar-refractivity contribution < 1.29 is 0 Å². The molecule has 0 aliphatic carbocycles. The fourth-order valence-electron chi connectivity index (χ4n) is 2.08. The number of amidine groups is 1. The molecule has 0 radical (unpaired) electrons. The van der Waals surface area contributed by atoms with Gasteiger partial charge in [0.2, 0.25) is 0 Å². The zero-order valence-corrected chi connectivity index (χ0v) is 7.21. The number of aliphatic imine (C=N–C) groups is 1. The second kappa shape index (κ2) is 2.84. The van der Waals surface area contributed by atoms with Gasteiger partial charge in [-0.15, -0.1) is 0 Å². The zero-order chi connectivity index (χ0) is 7.68. The van der Waals surface area contributed by atoms with Crippen molar-refractivity contribution in [2.24, 2.45) is 10.9 Å². The van der Waals surface area contributed by atoms with Gasteiger partial charge in [0.1, 0.15) is 5.84 Å². The van der Waals surface area contributed by atoms with Gasteiger partial charge in [-0.25, -0.2) is 0 Å². The minimum absolute atomic E-state index is 0.726. The lowest BCUT2D eigenvalue weighted by Crippen LogP contribution is -2.43. The molecule has 62 valence electrons. The molecule has 0 spiro atoms. The first-order valence-corrected chi connectivity index (χ1v) is 4.67. The zero-order valence-electron chi connectivity index (χ0n) is 7.21. The van der Waals surface area contributed by atoms with Crippen LogP contribution in [0.5, 0.6) is 0 Å². The summed E-state index contributed by atoms with van der Waals surface area (Å²) >= 11 is 0. The molecule has 11 heavy (non-hydrogen) atoms. The van der Waals surface area contributed by atoms with Crippen LogP contribution >= 0.6 is 0 Å². The Kier molecular flexibility index (Phi) is 1.84. The Bertz CT molecular complexity index is 174. The van der Waals surface area contributed by atoms with Crippen LogP contribution in [-0.4, -0.2) is 30.4 Å². The summed E-state index contributed by atoms with van der Waals surface area (Å²) in [5, 5.41) is 0. The van der Waals surface area contributed by atoms with Crippen LogP contribution in [0.3, 0.4) is 0 Å². The third-order valence-corrected chi connectivity index (χ3v) is 2.69. The van der Waals surface area contributed by atoms with Crippen LogP contribution in [0.2, 0.25) is 0 Å². The Balaban J connectivity index is 2.14. The number of fused-ring (bicyclic) bond motifs is 1. The van der Waals surface area contributed by atoms with Crippen LogP contribution in [0.1, 0.15) is 26.2 Å². The number of rotatable bonds is 0. The molecule has 0 N–H and O–H groups in total. The first-order chi connectivity index (χ1) is 5.38. The Labute approximate surface area is 68.3 Å². The summed E-state index contributed by atoms with van der Waals surface area (Å²) in [7, 11) is 0. The summed E-state index contributed by atoms with van der Waals surface area (Å²) in [4.78, 5) is 7.04. The van der Waals surface area contributed by atoms with E-state index in [-0.39, 0.29) is 0 Å². The van der Waals surface area contributed by atoms with Crippen molar-refractivity contribution in [2.75, 3.05) is 19.6 Å². The molecule has 0 bridgehead atoms. The average Bonchev–Trinajstić information content (AvgIpc) is 2.06. The minimum Gasteiger partial charge on any atom is -0.360 e. The van der Waals surface area contributed by atoms with E-state index in [4.69, 9.17) is 0 Å². The second-order valence-corrected chi connectivity index (χ2v) is 3.62. The molecule has 2 heterocycles. The maximum Gasteiger partial charge on any atom is 0.102 e. The summed E-state index contributed by atoms with van der Waals surface area (Å²) < 4.78 is 0. The predicted molar refractivity (Wildman–Crippen MR) is 46.9 cm³/mol. The lowest BCUT2D eigenvalue weighted by atomic mass is 9.97. The van der Waals surface area contributed by atoms with Crippen molar-refractivity contribution in [2.45, 2.75) is 26.2 Å². The summed E-state index contributed by atoms with van der Waals surface area (Å²) in [5.41, 5.74) is 0. The SMILES string of the molecule is C[C@@H]1CCCN2CCCN=C12. The van der Waals surface area contributed by atoms with Crippen LogP contribution in [0.25, 0.3) is 0 Å². The van der Waals surface area contributed by atoms with Crippen LogP contribution in [0.4, 0.5) is 0 Å². The second-order valence-electron chi connectivity index (χ2n) is 3.62. The van der Waals surface area contributed by atoms with Gasteiger partial charge in [0.15, 0.2) is 0 Å². The quantitative estimate of drug-likeness (QED) is 0.514. The highest BCUT2D eigenvalue weighted by Crippen LogP contribution is 2.20. The van der Waals surface area contributed by atoms with Crippen LogP contribution in [-0.2, 0) is 0 Å². The number of hydrogen-bond acceptors (Lipinski definition) is 2. The fourth-order valence-corrected chi connectivity index (χ4v) is 2.08. The first kappa shape index (κ1) is 7.14. The smallest absolute Gasteiger partial charge is 0.102 e. The molecule has 0 amide bonds. The number of piperidine rings is 1. The van der Waals surface area contributed by atoms with Crippen molar-refractivity contribution in [1.29, 1.82) is 0 Å². The molecule has 0 aromatic rings. The van der Waals surface area contributed by atoms with Crippen LogP contribution in [0.15, 0.2) is 4.99 Å². The molecule has 2 rings (SSSR count). The van der Waals surface area contributed by atoms with Crippen LogP contribution < -0.4 is 0 Å². The number of hydrogen-bond donors (Lipinski definition) is 0. The molecule has 0 unspecified atom stereocenters. The molecule has 0 aromatic heterocycles. The Hall–Kier alpha value is -0.530. The van der Waals surface area contributed by atoms with E-state index in [2.05, 4.69) is 16.8 Å². The normalized spacial score (nSPS) is 31.2. The third-order valence-electron chi connectivity index (χ3n) is 2.69. The maximum absolute atomic E-state index is 4.58. The lowest BCUT2D eigenvalue weighted by molar-refractivity contribution is 0.320. The van der Waals surface area contributed by atoms with Gasteiger partial charge in [-0.3, -0.25) is 4.99 Å². The van der Waals surface area contributed by atoms with Gasteiger partial charge in [0.05, 0.1) is 0 Å². The van der Waals surface area contributed by atoms with Gasteiger partial charge in [0.25, 0.3) is 0 Å². The van der Waals surface area contributed by atoms with Gasteiger partial charge in [-0.1, -0.05) is 6.92 Å². The molecular formula is C9H16N2. The maximum atomic E-state index is 4.58. The standard InChI is InChI=1S/C9H16N2/c1-8-4-2-6-11-7-3-5-10-9(8)11/h8H,2-7H2,1H3/t8-/m1/s1. The Morgan fingerprint density at radius 3 is 3.00 bits per heavy atom. The van der Waals surface area contributed by atoms with Crippen LogP contribution in [0, 0.1) is 5.92 Å². The largest absolute Gasteiger partial charge is 0.360 e. The van der Waals surface area contributed by atoms with E-state index in [1.165, 1.54) is 38.2 Å². The molecule has 0 aromatic carbocycles. The molecule has 1 saturated heterocycles. The monoisotopic (exact) mass is 152 g/mol. The minimum atomic E-state index is 0.726. The van der Waals surface area contributed by atoms with E-state index in [9.17, 15) is 0 Å². The fraction of sp³-hybridized carbons (Fsp3) is 0.889. The van der Waals surface area contributed by atoms with E-state index in [1.54, 1.807) is 0 Å². The van der Waals surface area contributed by atoms with Crippen molar-refractivity contribution in [3.63, 3.8) is 0 Å². The van der Waals surface area contributed by atoms with E-state index >= 15 is 0 Å². The van der Waals surface area contributed by atoms with Crippen molar-refractivity contribution >= 4 is 5.84 Å². The highest BCUT2D eigenvalue weighted by Gasteiger charge is 2.24. The van der Waals surface area contributed by atoms with E-state index in [1.807, 2.05) is 0 Å². The molecule has 1 fully saturated rings. The van der Waals surface area contributed by atoms with Crippen molar-refractivity contribution in [3.05, 3.63) is 0 Å². The van der Waals surface area contributed by atoms with Gasteiger partial charge in [-0.2, -0.15) is 0 Å². The highest BCUT2D eigenvalue weighted by atomic mass is 15.2. The van der Waals surface area contributed by atoms with Gasteiger partial charge in [-0.05, 0) is 19.3 Å². The Morgan fingerprint density at radius 2 is 2.18 bits per heavy atom. The molecular weight excluding hydrogens is 136 g/mol. The first-order valence-electron chi connectivity index (χ1n) is 4.67. The summed E-state index contributed by atoms with van der Waals surface area (Å²) in [5.74, 6) is 2.12. The molecule has 0 saturated carbocycles. The molecule has 2 heteroatoms. The van der Waals surface area contributed by atoms with Gasteiger partial charge >= 0.3 is 0 Å². The van der Waals surface area contributed by atoms with E-state index < -0.39 is 0 Å². The number of nitrogens with zero attached hydrogens (tertiary/aromatic N) is 2. The summed E-state index contributed by atoms with van der Waals surface area (Å²) in [6.07, 6.45) is 3.96. The van der Waals surface area contributed by atoms with E-state index in [0.717, 1.165) is 12.5 Å². The predicted octanol–water partition coefficient (Wildman–Crippen LogP) is 1.52. The van der Waals surface area contributed by atoms with Gasteiger partial charge in [0, 0.05) is 25.6 Å². The van der Waals surface area contributed by atoms with E-state index in [0.29, 0.717) is 0 Å². The van der Waals surface area contributed by atoms with Gasteiger partial charge < -0.3 is 4.90 Å². The third kappa shape index (κ3) is 1.26. The molecule has 2 aliphatic heterocycles. The topological polar surface area (TPSA) is 15.6 Å². The highest BCUT2D eigenvalue weighted by molar-refractivity contribution is 5.85. The van der Waals surface area contributed by atoms with Crippen molar-refractivity contribution in [1.82, 2.24) is 4.90 Å². The lowest BCUT2D eigenvalue weighted by Gasteiger charge is -2.36. The Morgan fingerprint density at radius 1 is 1.36 bits per heavy atom. The average molecular weight is 152 g/mol. The summed E-state index contributed by atoms with van der Waals surface area (Å²) in [6.45, 7) is 5.87. The molecule has 2 nitrogen and oxygen atoms in total. The summed E-state index contributed by atoms with van der Waals surface area (Å²) in [6, 6.07) is 0. The molecule has 1 atom stereocenters. The van der Waals surface area contributed by atoms with Crippen molar-refractivity contribution in [3.8, 4) is 0 Å².